The third-order valence-electron chi connectivity index (χ3n) is 4.34. The Bertz CT molecular complexity index is 591. The van der Waals surface area contributed by atoms with Crippen molar-refractivity contribution in [1.82, 2.24) is 10.2 Å². The largest absolute Gasteiger partial charge is 0.445 e. The van der Waals surface area contributed by atoms with Gasteiger partial charge in [0.15, 0.2) is 0 Å². The van der Waals surface area contributed by atoms with E-state index >= 15 is 0 Å². The highest BCUT2D eigenvalue weighted by molar-refractivity contribution is 8.01. The molecule has 2 fully saturated rings. The monoisotopic (exact) mass is 334 g/mol. The number of ether oxygens (including phenoxy) is 1. The topological polar surface area (TPSA) is 58.6 Å². The molecule has 0 saturated carbocycles. The Morgan fingerprint density at radius 3 is 2.87 bits per heavy atom. The Morgan fingerprint density at radius 1 is 1.39 bits per heavy atom. The zero-order chi connectivity index (χ0) is 16.4. The highest BCUT2D eigenvalue weighted by Gasteiger charge is 2.49. The number of carbonyl (C=O) groups excluding carboxylic acids is 2. The van der Waals surface area contributed by atoms with Gasteiger partial charge in [-0.15, -0.1) is 11.8 Å². The molecule has 0 radical (unpaired) electrons. The minimum Gasteiger partial charge on any atom is -0.445 e. The van der Waals surface area contributed by atoms with E-state index in [0.717, 1.165) is 24.9 Å². The minimum absolute atomic E-state index is 0.00733. The van der Waals surface area contributed by atoms with Gasteiger partial charge in [0.25, 0.3) is 0 Å². The number of hydrogen-bond donors (Lipinski definition) is 1. The van der Waals surface area contributed by atoms with Crippen molar-refractivity contribution in [2.24, 2.45) is 0 Å². The summed E-state index contributed by atoms with van der Waals surface area (Å²) in [6, 6.07) is 8.95. The number of rotatable bonds is 3. The SMILES string of the molecule is CC1(C)SC2CCCN2C(=O)C1NC(=O)OCc1ccccc1. The Kier molecular flexibility index (Phi) is 4.53. The van der Waals surface area contributed by atoms with Crippen LogP contribution in [0.5, 0.6) is 0 Å². The molecular weight excluding hydrogens is 312 g/mol. The van der Waals surface area contributed by atoms with Crippen LogP contribution in [0.15, 0.2) is 30.3 Å². The van der Waals surface area contributed by atoms with Gasteiger partial charge in [-0.25, -0.2) is 4.79 Å². The maximum absolute atomic E-state index is 12.7. The predicted octanol–water partition coefficient (Wildman–Crippen LogP) is 2.76. The summed E-state index contributed by atoms with van der Waals surface area (Å²) in [6.45, 7) is 5.00. The number of nitrogens with one attached hydrogen (secondary N) is 1. The summed E-state index contributed by atoms with van der Waals surface area (Å²) in [4.78, 5) is 26.7. The van der Waals surface area contributed by atoms with Crippen molar-refractivity contribution >= 4 is 23.8 Å². The van der Waals surface area contributed by atoms with Crippen molar-refractivity contribution in [2.75, 3.05) is 6.54 Å². The molecule has 2 unspecified atom stereocenters. The third-order valence-corrected chi connectivity index (χ3v) is 5.94. The first-order chi connectivity index (χ1) is 11.0. The smallest absolute Gasteiger partial charge is 0.408 e. The summed E-state index contributed by atoms with van der Waals surface area (Å²) in [5, 5.41) is 3.01. The molecule has 2 heterocycles. The molecule has 2 amide bonds. The fourth-order valence-electron chi connectivity index (χ4n) is 3.11. The maximum Gasteiger partial charge on any atom is 0.408 e. The number of hydrogen-bond acceptors (Lipinski definition) is 4. The molecule has 2 aliphatic heterocycles. The van der Waals surface area contributed by atoms with Crippen LogP contribution >= 0.6 is 11.8 Å². The second kappa shape index (κ2) is 6.43. The molecule has 1 aromatic rings. The fourth-order valence-corrected chi connectivity index (χ4v) is 4.73. The van der Waals surface area contributed by atoms with Crippen molar-refractivity contribution in [2.45, 2.75) is 49.5 Å². The van der Waals surface area contributed by atoms with Crippen molar-refractivity contribution in [3.63, 3.8) is 0 Å². The summed E-state index contributed by atoms with van der Waals surface area (Å²) in [5.74, 6) is 0.00733. The van der Waals surface area contributed by atoms with E-state index in [9.17, 15) is 9.59 Å². The number of alkyl carbamates (subject to hydrolysis) is 1. The molecule has 0 spiro atoms. The van der Waals surface area contributed by atoms with Gasteiger partial charge in [-0.2, -0.15) is 0 Å². The van der Waals surface area contributed by atoms with Crippen LogP contribution in [0.25, 0.3) is 0 Å². The quantitative estimate of drug-likeness (QED) is 0.923. The first-order valence-corrected chi connectivity index (χ1v) is 8.81. The van der Waals surface area contributed by atoms with Gasteiger partial charge in [0, 0.05) is 11.3 Å². The van der Waals surface area contributed by atoms with Gasteiger partial charge in [0.2, 0.25) is 5.91 Å². The number of amides is 2. The van der Waals surface area contributed by atoms with E-state index in [4.69, 9.17) is 4.74 Å². The molecule has 1 N–H and O–H groups in total. The lowest BCUT2D eigenvalue weighted by molar-refractivity contribution is -0.134. The molecule has 3 rings (SSSR count). The van der Waals surface area contributed by atoms with Crippen LogP contribution in [0.4, 0.5) is 4.79 Å². The van der Waals surface area contributed by atoms with Crippen molar-refractivity contribution < 1.29 is 14.3 Å². The molecule has 2 aliphatic rings. The average Bonchev–Trinajstić information content (AvgIpc) is 2.98. The predicted molar refractivity (Wildman–Crippen MR) is 90.0 cm³/mol. The molecule has 2 saturated heterocycles. The summed E-state index contributed by atoms with van der Waals surface area (Å²) in [7, 11) is 0. The molecule has 6 heteroatoms. The zero-order valence-electron chi connectivity index (χ0n) is 13.5. The van der Waals surface area contributed by atoms with Crippen LogP contribution in [0.1, 0.15) is 32.3 Å². The van der Waals surface area contributed by atoms with Crippen molar-refractivity contribution in [1.29, 1.82) is 0 Å². The molecule has 1 aromatic carbocycles. The molecule has 5 nitrogen and oxygen atoms in total. The van der Waals surface area contributed by atoms with Gasteiger partial charge in [0.1, 0.15) is 12.6 Å². The number of fused-ring (bicyclic) bond motifs is 1. The Hall–Kier alpha value is -1.69. The van der Waals surface area contributed by atoms with E-state index in [1.54, 1.807) is 11.8 Å². The van der Waals surface area contributed by atoms with E-state index in [0.29, 0.717) is 0 Å². The van der Waals surface area contributed by atoms with E-state index < -0.39 is 12.1 Å². The second-order valence-electron chi connectivity index (χ2n) is 6.49. The lowest BCUT2D eigenvalue weighted by atomic mass is 10.0. The van der Waals surface area contributed by atoms with E-state index in [2.05, 4.69) is 5.32 Å². The van der Waals surface area contributed by atoms with Gasteiger partial charge in [-0.05, 0) is 32.3 Å². The van der Waals surface area contributed by atoms with Crippen LogP contribution < -0.4 is 5.32 Å². The maximum atomic E-state index is 12.7. The molecule has 2 atom stereocenters. The summed E-state index contributed by atoms with van der Waals surface area (Å²) >= 11 is 1.76. The van der Waals surface area contributed by atoms with Gasteiger partial charge >= 0.3 is 6.09 Å². The second-order valence-corrected chi connectivity index (χ2v) is 8.32. The third kappa shape index (κ3) is 3.47. The van der Waals surface area contributed by atoms with E-state index in [-0.39, 0.29) is 22.6 Å². The highest BCUT2D eigenvalue weighted by atomic mass is 32.2. The molecular formula is C17H22N2O3S. The first kappa shape index (κ1) is 16.2. The number of carbonyl (C=O) groups is 2. The Balaban J connectivity index is 1.61. The molecule has 0 aromatic heterocycles. The van der Waals surface area contributed by atoms with Crippen molar-refractivity contribution in [3.05, 3.63) is 35.9 Å². The lowest BCUT2D eigenvalue weighted by Gasteiger charge is -2.44. The average molecular weight is 334 g/mol. The highest BCUT2D eigenvalue weighted by Crippen LogP contribution is 2.43. The van der Waals surface area contributed by atoms with Crippen LogP contribution in [-0.4, -0.2) is 39.6 Å². The van der Waals surface area contributed by atoms with Gasteiger partial charge in [-0.3, -0.25) is 4.79 Å². The Morgan fingerprint density at radius 2 is 2.13 bits per heavy atom. The fraction of sp³-hybridized carbons (Fsp3) is 0.529. The van der Waals surface area contributed by atoms with E-state index in [1.807, 2.05) is 49.1 Å². The number of benzene rings is 1. The number of thioether (sulfide) groups is 1. The summed E-state index contributed by atoms with van der Waals surface area (Å²) in [5.41, 5.74) is 0.922. The molecule has 0 bridgehead atoms. The molecule has 23 heavy (non-hydrogen) atoms. The van der Waals surface area contributed by atoms with Crippen molar-refractivity contribution in [3.8, 4) is 0 Å². The molecule has 0 aliphatic carbocycles. The van der Waals surface area contributed by atoms with Gasteiger partial charge in [-0.1, -0.05) is 30.3 Å². The van der Waals surface area contributed by atoms with Crippen LogP contribution in [0.3, 0.4) is 0 Å². The first-order valence-electron chi connectivity index (χ1n) is 7.93. The minimum atomic E-state index is -0.551. The normalized spacial score (nSPS) is 25.8. The lowest BCUT2D eigenvalue weighted by Crippen LogP contribution is -2.62. The zero-order valence-corrected chi connectivity index (χ0v) is 14.3. The van der Waals surface area contributed by atoms with Crippen LogP contribution in [-0.2, 0) is 16.1 Å². The summed E-state index contributed by atoms with van der Waals surface area (Å²) in [6.07, 6.45) is 1.52. The summed E-state index contributed by atoms with van der Waals surface area (Å²) < 4.78 is 4.91. The van der Waals surface area contributed by atoms with Gasteiger partial charge in [0.05, 0.1) is 5.37 Å². The van der Waals surface area contributed by atoms with E-state index in [1.165, 1.54) is 0 Å². The van der Waals surface area contributed by atoms with Crippen LogP contribution in [0.2, 0.25) is 0 Å². The Labute approximate surface area is 140 Å². The number of nitrogens with zero attached hydrogens (tertiary/aromatic N) is 1. The molecule has 124 valence electrons. The standard InChI is InChI=1S/C17H22N2O3S/c1-17(2)14(15(20)19-10-6-9-13(19)23-17)18-16(21)22-11-12-7-4-3-5-8-12/h3-5,7-8,13-14H,6,9-11H2,1-2H3,(H,18,21). The van der Waals surface area contributed by atoms with Gasteiger partial charge < -0.3 is 15.0 Å². The van der Waals surface area contributed by atoms with Crippen LogP contribution in [0, 0.1) is 0 Å².